The van der Waals surface area contributed by atoms with Gasteiger partial charge < -0.3 is 19.9 Å². The summed E-state index contributed by atoms with van der Waals surface area (Å²) in [6.45, 7) is 1.92. The van der Waals surface area contributed by atoms with E-state index in [1.54, 1.807) is 19.4 Å². The van der Waals surface area contributed by atoms with Crippen LogP contribution in [-0.4, -0.2) is 32.5 Å². The highest BCUT2D eigenvalue weighted by Gasteiger charge is 2.15. The minimum Gasteiger partial charge on any atom is -0.438 e. The van der Waals surface area contributed by atoms with Gasteiger partial charge >= 0.3 is 0 Å². The Kier molecular flexibility index (Phi) is 5.85. The molecule has 0 radical (unpaired) electrons. The largest absolute Gasteiger partial charge is 0.438 e. The highest BCUT2D eigenvalue weighted by Crippen LogP contribution is 2.33. The molecule has 174 valence electrons. The number of aromatic nitrogens is 4. The van der Waals surface area contributed by atoms with Crippen molar-refractivity contribution in [1.29, 1.82) is 0 Å². The summed E-state index contributed by atoms with van der Waals surface area (Å²) in [4.78, 5) is 26.0. The number of benzene rings is 2. The third-order valence-electron chi connectivity index (χ3n) is 5.75. The second kappa shape index (κ2) is 9.26. The molecule has 35 heavy (non-hydrogen) atoms. The van der Waals surface area contributed by atoms with Gasteiger partial charge in [0.25, 0.3) is 5.91 Å². The molecule has 0 bridgehead atoms. The molecular formula is C27H24N6O2. The third-order valence-corrected chi connectivity index (χ3v) is 5.75. The van der Waals surface area contributed by atoms with E-state index in [1.165, 1.54) is 0 Å². The van der Waals surface area contributed by atoms with Gasteiger partial charge in [-0.15, -0.1) is 0 Å². The van der Waals surface area contributed by atoms with Crippen molar-refractivity contribution in [3.05, 3.63) is 90.4 Å². The van der Waals surface area contributed by atoms with E-state index in [4.69, 9.17) is 4.74 Å². The zero-order valence-corrected chi connectivity index (χ0v) is 19.6. The molecule has 5 rings (SSSR count). The fraction of sp³-hybridized carbons (Fsp3) is 0.111. The number of ether oxygens (including phenoxy) is 1. The first kappa shape index (κ1) is 22.1. The average molecular weight is 465 g/mol. The monoisotopic (exact) mass is 464 g/mol. The van der Waals surface area contributed by atoms with E-state index in [2.05, 4.69) is 25.6 Å². The number of carbonyl (C=O) groups is 1. The maximum atomic E-state index is 13.0. The van der Waals surface area contributed by atoms with Gasteiger partial charge in [-0.1, -0.05) is 18.2 Å². The molecule has 0 aliphatic heterocycles. The van der Waals surface area contributed by atoms with Gasteiger partial charge in [0, 0.05) is 43.1 Å². The summed E-state index contributed by atoms with van der Waals surface area (Å²) in [6, 6.07) is 20.9. The third kappa shape index (κ3) is 4.41. The predicted molar refractivity (Wildman–Crippen MR) is 137 cm³/mol. The van der Waals surface area contributed by atoms with E-state index in [9.17, 15) is 4.79 Å². The SMILES string of the molecule is CNc1nccc(-c2cccnc2Oc2ccc(NC(=O)c3cc4ccccc4n3C)cc2C)n1. The Labute approximate surface area is 202 Å². The Morgan fingerprint density at radius 2 is 1.83 bits per heavy atom. The molecule has 2 N–H and O–H groups in total. The van der Waals surface area contributed by atoms with Crippen LogP contribution in [0.5, 0.6) is 11.6 Å². The summed E-state index contributed by atoms with van der Waals surface area (Å²) in [7, 11) is 3.66. The number of anilines is 2. The molecule has 0 atom stereocenters. The van der Waals surface area contributed by atoms with Crippen molar-refractivity contribution in [3.8, 4) is 22.9 Å². The molecule has 8 nitrogen and oxygen atoms in total. The fourth-order valence-corrected chi connectivity index (χ4v) is 3.94. The number of nitrogens with one attached hydrogen (secondary N) is 2. The minimum atomic E-state index is -0.173. The first-order chi connectivity index (χ1) is 17.0. The van der Waals surface area contributed by atoms with Crippen LogP contribution in [0.1, 0.15) is 16.1 Å². The number of hydrogen-bond acceptors (Lipinski definition) is 6. The molecule has 5 aromatic rings. The van der Waals surface area contributed by atoms with Crippen LogP contribution < -0.4 is 15.4 Å². The zero-order chi connectivity index (χ0) is 24.4. The lowest BCUT2D eigenvalue weighted by Gasteiger charge is -2.13. The van der Waals surface area contributed by atoms with Gasteiger partial charge in [0.2, 0.25) is 11.8 Å². The van der Waals surface area contributed by atoms with Gasteiger partial charge in [-0.05, 0) is 61.0 Å². The van der Waals surface area contributed by atoms with Crippen molar-refractivity contribution in [2.45, 2.75) is 6.92 Å². The highest BCUT2D eigenvalue weighted by molar-refractivity contribution is 6.06. The number of pyridine rings is 1. The van der Waals surface area contributed by atoms with Crippen LogP contribution in [0, 0.1) is 6.92 Å². The van der Waals surface area contributed by atoms with E-state index >= 15 is 0 Å². The number of rotatable bonds is 6. The molecule has 3 heterocycles. The van der Waals surface area contributed by atoms with E-state index < -0.39 is 0 Å². The van der Waals surface area contributed by atoms with Gasteiger partial charge in [-0.3, -0.25) is 4.79 Å². The number of nitrogens with zero attached hydrogens (tertiary/aromatic N) is 4. The van der Waals surface area contributed by atoms with Crippen molar-refractivity contribution >= 4 is 28.4 Å². The molecule has 0 saturated heterocycles. The molecular weight excluding hydrogens is 440 g/mol. The Morgan fingerprint density at radius 1 is 0.971 bits per heavy atom. The standard InChI is InChI=1S/C27H24N6O2/c1-17-15-19(31-25(34)23-16-18-7-4-5-9-22(18)33(23)3)10-11-24(17)35-26-20(8-6-13-29-26)21-12-14-30-27(28-2)32-21/h4-16H,1-3H3,(H,31,34)(H,28,30,32). The van der Waals surface area contributed by atoms with Crippen LogP contribution in [0.4, 0.5) is 11.6 Å². The number of carbonyl (C=O) groups excluding carboxylic acids is 1. The minimum absolute atomic E-state index is 0.173. The Balaban J connectivity index is 1.37. The summed E-state index contributed by atoms with van der Waals surface area (Å²) >= 11 is 0. The Bertz CT molecular complexity index is 1540. The lowest BCUT2D eigenvalue weighted by Crippen LogP contribution is -2.15. The predicted octanol–water partition coefficient (Wildman–Crippen LogP) is 5.43. The lowest BCUT2D eigenvalue weighted by molar-refractivity contribution is 0.101. The summed E-state index contributed by atoms with van der Waals surface area (Å²) in [5.74, 6) is 1.41. The quantitative estimate of drug-likeness (QED) is 0.348. The van der Waals surface area contributed by atoms with Gasteiger partial charge in [0.1, 0.15) is 11.4 Å². The molecule has 1 amide bonds. The van der Waals surface area contributed by atoms with Crippen molar-refractivity contribution in [3.63, 3.8) is 0 Å². The van der Waals surface area contributed by atoms with Crippen molar-refractivity contribution < 1.29 is 9.53 Å². The van der Waals surface area contributed by atoms with E-state index in [0.717, 1.165) is 22.0 Å². The van der Waals surface area contributed by atoms with Crippen molar-refractivity contribution in [1.82, 2.24) is 19.5 Å². The molecule has 0 fully saturated rings. The van der Waals surface area contributed by atoms with Crippen LogP contribution in [-0.2, 0) is 7.05 Å². The molecule has 0 aliphatic carbocycles. The van der Waals surface area contributed by atoms with E-state index in [1.807, 2.05) is 85.3 Å². The zero-order valence-electron chi connectivity index (χ0n) is 19.6. The van der Waals surface area contributed by atoms with E-state index in [0.29, 0.717) is 34.7 Å². The van der Waals surface area contributed by atoms with E-state index in [-0.39, 0.29) is 5.91 Å². The summed E-state index contributed by atoms with van der Waals surface area (Å²) in [5.41, 5.74) is 4.58. The summed E-state index contributed by atoms with van der Waals surface area (Å²) < 4.78 is 8.06. The summed E-state index contributed by atoms with van der Waals surface area (Å²) in [6.07, 6.45) is 3.36. The molecule has 3 aromatic heterocycles. The van der Waals surface area contributed by atoms with Crippen LogP contribution in [0.2, 0.25) is 0 Å². The van der Waals surface area contributed by atoms with Crippen LogP contribution in [0.3, 0.4) is 0 Å². The van der Waals surface area contributed by atoms with Crippen molar-refractivity contribution in [2.75, 3.05) is 17.7 Å². The van der Waals surface area contributed by atoms with Gasteiger partial charge in [0.05, 0.1) is 11.3 Å². The first-order valence-corrected chi connectivity index (χ1v) is 11.1. The van der Waals surface area contributed by atoms with Gasteiger partial charge in [-0.2, -0.15) is 0 Å². The van der Waals surface area contributed by atoms with Gasteiger partial charge in [0.15, 0.2) is 0 Å². The number of aryl methyl sites for hydroxylation is 2. The van der Waals surface area contributed by atoms with Crippen LogP contribution in [0.25, 0.3) is 22.2 Å². The average Bonchev–Trinajstić information content (AvgIpc) is 3.22. The fourth-order valence-electron chi connectivity index (χ4n) is 3.94. The topological polar surface area (TPSA) is 94.0 Å². The molecule has 0 saturated carbocycles. The number of para-hydroxylation sites is 1. The van der Waals surface area contributed by atoms with Crippen LogP contribution in [0.15, 0.2) is 79.1 Å². The maximum absolute atomic E-state index is 13.0. The second-order valence-corrected chi connectivity index (χ2v) is 8.06. The molecule has 8 heteroatoms. The highest BCUT2D eigenvalue weighted by atomic mass is 16.5. The lowest BCUT2D eigenvalue weighted by atomic mass is 10.1. The second-order valence-electron chi connectivity index (χ2n) is 8.06. The van der Waals surface area contributed by atoms with Gasteiger partial charge in [-0.25, -0.2) is 15.0 Å². The normalized spacial score (nSPS) is 10.8. The first-order valence-electron chi connectivity index (χ1n) is 11.1. The molecule has 0 unspecified atom stereocenters. The van der Waals surface area contributed by atoms with Crippen LogP contribution >= 0.6 is 0 Å². The molecule has 0 aliphatic rings. The number of amides is 1. The van der Waals surface area contributed by atoms with Crippen molar-refractivity contribution in [2.24, 2.45) is 7.05 Å². The molecule has 0 spiro atoms. The maximum Gasteiger partial charge on any atom is 0.272 e. The Hall–Kier alpha value is -4.72. The number of hydrogen-bond donors (Lipinski definition) is 2. The smallest absolute Gasteiger partial charge is 0.272 e. The Morgan fingerprint density at radius 3 is 2.63 bits per heavy atom. The number of fused-ring (bicyclic) bond motifs is 1. The summed E-state index contributed by atoms with van der Waals surface area (Å²) in [5, 5.41) is 6.95. The molecule has 2 aromatic carbocycles.